The van der Waals surface area contributed by atoms with E-state index in [0.29, 0.717) is 12.5 Å². The van der Waals surface area contributed by atoms with Gasteiger partial charge in [0.05, 0.1) is 23.2 Å². The Labute approximate surface area is 157 Å². The molecule has 0 unspecified atom stereocenters. The summed E-state index contributed by atoms with van der Waals surface area (Å²) < 4.78 is 7.56. The van der Waals surface area contributed by atoms with Crippen molar-refractivity contribution in [1.29, 1.82) is 0 Å². The molecule has 1 amide bonds. The van der Waals surface area contributed by atoms with Gasteiger partial charge in [-0.15, -0.1) is 0 Å². The van der Waals surface area contributed by atoms with Crippen molar-refractivity contribution in [3.63, 3.8) is 0 Å². The summed E-state index contributed by atoms with van der Waals surface area (Å²) in [7, 11) is 1.90. The number of amidine groups is 1. The van der Waals surface area contributed by atoms with E-state index in [9.17, 15) is 4.79 Å². The highest BCUT2D eigenvalue weighted by atomic mass is 16.5. The molecule has 0 aromatic carbocycles. The van der Waals surface area contributed by atoms with E-state index in [1.807, 2.05) is 25.6 Å². The molecule has 1 atom stereocenters. The zero-order valence-corrected chi connectivity index (χ0v) is 15.2. The number of aryl methyl sites for hydroxylation is 1. The highest BCUT2D eigenvalue weighted by Gasteiger charge is 2.39. The topological polar surface area (TPSA) is 97.8 Å². The van der Waals surface area contributed by atoms with Gasteiger partial charge in [-0.25, -0.2) is 4.99 Å². The molecule has 0 saturated heterocycles. The van der Waals surface area contributed by atoms with Crippen molar-refractivity contribution in [3.8, 4) is 0 Å². The first-order valence-electron chi connectivity index (χ1n) is 9.27. The molecule has 4 heterocycles. The van der Waals surface area contributed by atoms with Gasteiger partial charge in [-0.1, -0.05) is 0 Å². The maximum absolute atomic E-state index is 11.9. The van der Waals surface area contributed by atoms with Gasteiger partial charge in [0.15, 0.2) is 0 Å². The number of nitrogens with one attached hydrogen (secondary N) is 1. The number of carbonyl (C=O) groups is 1. The van der Waals surface area contributed by atoms with Gasteiger partial charge >= 0.3 is 0 Å². The van der Waals surface area contributed by atoms with Crippen molar-refractivity contribution in [2.24, 2.45) is 23.7 Å². The lowest BCUT2D eigenvalue weighted by Crippen LogP contribution is -2.43. The number of aliphatic imine (C=N–C) groups is 1. The Kier molecular flexibility index (Phi) is 3.60. The summed E-state index contributed by atoms with van der Waals surface area (Å²) in [6.45, 7) is 1.40. The number of carbonyl (C=O) groups excluding carboxylic acids is 1. The quantitative estimate of drug-likeness (QED) is 0.801. The first-order valence-corrected chi connectivity index (χ1v) is 9.27. The fraction of sp³-hybridized carbons (Fsp3) is 0.421. The van der Waals surface area contributed by atoms with Crippen LogP contribution in [0, 0.1) is 5.92 Å². The lowest BCUT2D eigenvalue weighted by atomic mass is 10.0. The van der Waals surface area contributed by atoms with Crippen molar-refractivity contribution in [2.75, 3.05) is 13.2 Å². The molecule has 4 aliphatic rings. The summed E-state index contributed by atoms with van der Waals surface area (Å²) in [6, 6.07) is -0.374. The first-order chi connectivity index (χ1) is 13.1. The number of rotatable bonds is 5. The average molecular weight is 366 g/mol. The van der Waals surface area contributed by atoms with E-state index < -0.39 is 0 Å². The molecule has 140 valence electrons. The maximum atomic E-state index is 11.9. The highest BCUT2D eigenvalue weighted by Crippen LogP contribution is 2.39. The molecule has 5 rings (SSSR count). The predicted molar refractivity (Wildman–Crippen MR) is 99.1 cm³/mol. The second-order valence-corrected chi connectivity index (χ2v) is 7.46. The Hall–Kier alpha value is -3.03. The minimum Gasteiger partial charge on any atom is -0.495 e. The van der Waals surface area contributed by atoms with E-state index in [2.05, 4.69) is 15.3 Å². The number of ether oxygens (including phenoxy) is 1. The van der Waals surface area contributed by atoms with Crippen LogP contribution in [0.2, 0.25) is 0 Å². The van der Waals surface area contributed by atoms with Gasteiger partial charge in [0.25, 0.3) is 0 Å². The van der Waals surface area contributed by atoms with Gasteiger partial charge in [0, 0.05) is 31.6 Å². The third-order valence-electron chi connectivity index (χ3n) is 5.49. The Bertz CT molecular complexity index is 934. The molecule has 3 N–H and O–H groups in total. The normalized spacial score (nSPS) is 22.3. The van der Waals surface area contributed by atoms with Gasteiger partial charge in [-0.2, -0.15) is 5.10 Å². The Balaban J connectivity index is 1.53. The third kappa shape index (κ3) is 2.72. The molecule has 8 nitrogen and oxygen atoms in total. The zero-order valence-electron chi connectivity index (χ0n) is 15.2. The fourth-order valence-electron chi connectivity index (χ4n) is 4.00. The minimum absolute atomic E-state index is 0.304. The Morgan fingerprint density at radius 2 is 2.30 bits per heavy atom. The van der Waals surface area contributed by atoms with E-state index in [0.717, 1.165) is 54.2 Å². The van der Waals surface area contributed by atoms with Crippen LogP contribution in [0.15, 0.2) is 52.4 Å². The lowest BCUT2D eigenvalue weighted by molar-refractivity contribution is -0.120. The van der Waals surface area contributed by atoms with Crippen molar-refractivity contribution in [1.82, 2.24) is 20.0 Å². The SMILES string of the molecule is Cn1cc(C2=NC=C3C(N[C@H](C(N)=O)C4CC4)=COCC4=C3N2CC4)cn1. The second-order valence-electron chi connectivity index (χ2n) is 7.46. The van der Waals surface area contributed by atoms with Crippen LogP contribution in [0.25, 0.3) is 0 Å². The average Bonchev–Trinajstić information content (AvgIpc) is 3.30. The number of nitrogens with two attached hydrogens (primary N) is 1. The van der Waals surface area contributed by atoms with Crippen LogP contribution in [0.5, 0.6) is 0 Å². The molecule has 0 radical (unpaired) electrons. The van der Waals surface area contributed by atoms with Crippen LogP contribution in [-0.2, 0) is 16.6 Å². The van der Waals surface area contributed by atoms with E-state index in [-0.39, 0.29) is 11.9 Å². The number of aromatic nitrogens is 2. The number of hydrogen-bond acceptors (Lipinski definition) is 6. The maximum Gasteiger partial charge on any atom is 0.240 e. The zero-order chi connectivity index (χ0) is 18.5. The highest BCUT2D eigenvalue weighted by molar-refractivity contribution is 6.01. The molecule has 1 aromatic heterocycles. The van der Waals surface area contributed by atoms with Crippen LogP contribution in [-0.4, -0.2) is 45.6 Å². The second kappa shape index (κ2) is 6.00. The van der Waals surface area contributed by atoms with E-state index >= 15 is 0 Å². The first kappa shape index (κ1) is 16.2. The van der Waals surface area contributed by atoms with Crippen LogP contribution in [0.3, 0.4) is 0 Å². The van der Waals surface area contributed by atoms with Crippen LogP contribution < -0.4 is 11.1 Å². The largest absolute Gasteiger partial charge is 0.495 e. The summed E-state index contributed by atoms with van der Waals surface area (Å²) in [5.41, 5.74) is 10.7. The lowest BCUT2D eigenvalue weighted by Gasteiger charge is -2.30. The van der Waals surface area contributed by atoms with Gasteiger partial charge in [0.2, 0.25) is 5.91 Å². The molecule has 8 heteroatoms. The molecule has 1 aromatic rings. The minimum atomic E-state index is -0.374. The van der Waals surface area contributed by atoms with Crippen LogP contribution >= 0.6 is 0 Å². The third-order valence-corrected chi connectivity index (χ3v) is 5.49. The number of amides is 1. The van der Waals surface area contributed by atoms with Crippen molar-refractivity contribution in [3.05, 3.63) is 53.0 Å². The molecule has 1 aliphatic carbocycles. The van der Waals surface area contributed by atoms with Crippen LogP contribution in [0.4, 0.5) is 0 Å². The molecule has 0 spiro atoms. The molecular formula is C19H22N6O2. The summed E-state index contributed by atoms with van der Waals surface area (Å²) in [5.74, 6) is 0.876. The summed E-state index contributed by atoms with van der Waals surface area (Å²) in [4.78, 5) is 18.8. The molecule has 1 saturated carbocycles. The molecule has 3 aliphatic heterocycles. The van der Waals surface area contributed by atoms with Gasteiger partial charge in [-0.3, -0.25) is 9.48 Å². The molecule has 27 heavy (non-hydrogen) atoms. The van der Waals surface area contributed by atoms with Gasteiger partial charge < -0.3 is 20.7 Å². The van der Waals surface area contributed by atoms with E-state index in [4.69, 9.17) is 15.5 Å². The molecule has 1 fully saturated rings. The van der Waals surface area contributed by atoms with E-state index in [1.165, 1.54) is 5.57 Å². The summed E-state index contributed by atoms with van der Waals surface area (Å²) in [5, 5.41) is 7.60. The number of primary amides is 1. The number of nitrogens with zero attached hydrogens (tertiary/aromatic N) is 4. The van der Waals surface area contributed by atoms with Crippen molar-refractivity contribution < 1.29 is 9.53 Å². The summed E-state index contributed by atoms with van der Waals surface area (Å²) >= 11 is 0. The van der Waals surface area contributed by atoms with E-state index in [1.54, 1.807) is 10.9 Å². The smallest absolute Gasteiger partial charge is 0.240 e. The summed E-state index contributed by atoms with van der Waals surface area (Å²) in [6.07, 6.45) is 10.3. The van der Waals surface area contributed by atoms with Gasteiger partial charge in [-0.05, 0) is 30.8 Å². The fourth-order valence-corrected chi connectivity index (χ4v) is 4.00. The molecular weight excluding hydrogens is 344 g/mol. The monoisotopic (exact) mass is 366 g/mol. The van der Waals surface area contributed by atoms with Crippen LogP contribution in [0.1, 0.15) is 24.8 Å². The van der Waals surface area contributed by atoms with Crippen molar-refractivity contribution in [2.45, 2.75) is 25.3 Å². The number of hydrogen-bond donors (Lipinski definition) is 2. The van der Waals surface area contributed by atoms with Crippen molar-refractivity contribution >= 4 is 11.7 Å². The Morgan fingerprint density at radius 1 is 1.44 bits per heavy atom. The van der Waals surface area contributed by atoms with Gasteiger partial charge in [0.1, 0.15) is 24.7 Å². The predicted octanol–water partition coefficient (Wildman–Crippen LogP) is 0.749. The molecule has 0 bridgehead atoms. The Morgan fingerprint density at radius 3 is 3.00 bits per heavy atom. The standard InChI is InChI=1S/C19H22N6O2/c1-24-8-13(6-22-24)19-21-7-14-15(23-16(18(20)26)11-2-3-11)10-27-9-12-4-5-25(19)17(12)14/h6-8,10-11,16,23H,2-5,9H2,1H3,(H2,20,26)/t16-/m0/s1.